The second-order valence-corrected chi connectivity index (χ2v) is 3.82. The van der Waals surface area contributed by atoms with Crippen molar-refractivity contribution in [2.45, 2.75) is 6.92 Å². The van der Waals surface area contributed by atoms with E-state index < -0.39 is 0 Å². The second kappa shape index (κ2) is 5.65. The van der Waals surface area contributed by atoms with Crippen molar-refractivity contribution in [3.63, 3.8) is 0 Å². The van der Waals surface area contributed by atoms with Gasteiger partial charge in [-0.1, -0.05) is 12.1 Å². The van der Waals surface area contributed by atoms with E-state index in [1.807, 2.05) is 6.07 Å². The molecule has 1 heterocycles. The van der Waals surface area contributed by atoms with Crippen molar-refractivity contribution in [1.29, 1.82) is 5.26 Å². The topological polar surface area (TPSA) is 78.4 Å². The van der Waals surface area contributed by atoms with Gasteiger partial charge in [-0.25, -0.2) is 5.43 Å². The Morgan fingerprint density at radius 2 is 2.11 bits per heavy atom. The van der Waals surface area contributed by atoms with Gasteiger partial charge in [-0.05, 0) is 30.7 Å². The van der Waals surface area contributed by atoms with Crippen LogP contribution in [0.2, 0.25) is 0 Å². The SMILES string of the molecule is Cc1occc1C(=O)N/N=C\c1ccc(C#N)cc1. The Morgan fingerprint density at radius 3 is 2.68 bits per heavy atom. The number of amides is 1. The lowest BCUT2D eigenvalue weighted by Gasteiger charge is -1.97. The number of hydrogen-bond acceptors (Lipinski definition) is 4. The first kappa shape index (κ1) is 12.6. The van der Waals surface area contributed by atoms with E-state index >= 15 is 0 Å². The molecule has 1 aromatic heterocycles. The lowest BCUT2D eigenvalue weighted by molar-refractivity contribution is 0.0953. The van der Waals surface area contributed by atoms with Crippen LogP contribution in [0.5, 0.6) is 0 Å². The number of hydrazone groups is 1. The van der Waals surface area contributed by atoms with E-state index in [0.717, 1.165) is 5.56 Å². The number of carbonyl (C=O) groups is 1. The van der Waals surface area contributed by atoms with Crippen LogP contribution in [0, 0.1) is 18.3 Å². The number of hydrogen-bond donors (Lipinski definition) is 1. The lowest BCUT2D eigenvalue weighted by Crippen LogP contribution is -2.17. The zero-order chi connectivity index (χ0) is 13.7. The van der Waals surface area contributed by atoms with E-state index in [0.29, 0.717) is 16.9 Å². The maximum Gasteiger partial charge on any atom is 0.274 e. The van der Waals surface area contributed by atoms with Gasteiger partial charge in [-0.2, -0.15) is 10.4 Å². The van der Waals surface area contributed by atoms with E-state index in [-0.39, 0.29) is 5.91 Å². The number of benzene rings is 1. The largest absolute Gasteiger partial charge is 0.469 e. The summed E-state index contributed by atoms with van der Waals surface area (Å²) >= 11 is 0. The van der Waals surface area contributed by atoms with Gasteiger partial charge in [-0.15, -0.1) is 0 Å². The predicted octanol–water partition coefficient (Wildman–Crippen LogP) is 2.22. The van der Waals surface area contributed by atoms with E-state index in [1.165, 1.54) is 12.5 Å². The maximum atomic E-state index is 11.7. The van der Waals surface area contributed by atoms with Gasteiger partial charge in [0.05, 0.1) is 29.7 Å². The molecule has 94 valence electrons. The van der Waals surface area contributed by atoms with Crippen LogP contribution in [0.3, 0.4) is 0 Å². The van der Waals surface area contributed by atoms with Crippen LogP contribution in [0.4, 0.5) is 0 Å². The van der Waals surface area contributed by atoms with Crippen molar-refractivity contribution in [3.05, 3.63) is 59.0 Å². The van der Waals surface area contributed by atoms with Gasteiger partial charge >= 0.3 is 0 Å². The fourth-order valence-corrected chi connectivity index (χ4v) is 1.49. The van der Waals surface area contributed by atoms with E-state index in [2.05, 4.69) is 10.5 Å². The van der Waals surface area contributed by atoms with Gasteiger partial charge in [0.2, 0.25) is 0 Å². The molecule has 0 aliphatic heterocycles. The Bertz CT molecular complexity index is 648. The molecular formula is C14H11N3O2. The quantitative estimate of drug-likeness (QED) is 0.673. The molecule has 0 spiro atoms. The number of nitrogens with zero attached hydrogens (tertiary/aromatic N) is 2. The third-order valence-electron chi connectivity index (χ3n) is 2.52. The maximum absolute atomic E-state index is 11.7. The smallest absolute Gasteiger partial charge is 0.274 e. The molecular weight excluding hydrogens is 242 g/mol. The number of nitriles is 1. The zero-order valence-corrected chi connectivity index (χ0v) is 10.3. The van der Waals surface area contributed by atoms with Crippen molar-refractivity contribution in [2.24, 2.45) is 5.10 Å². The normalized spacial score (nSPS) is 10.3. The Balaban J connectivity index is 1.98. The van der Waals surface area contributed by atoms with Crippen molar-refractivity contribution in [2.75, 3.05) is 0 Å². The summed E-state index contributed by atoms with van der Waals surface area (Å²) in [5, 5.41) is 12.5. The molecule has 0 saturated carbocycles. The molecule has 5 heteroatoms. The van der Waals surface area contributed by atoms with E-state index in [4.69, 9.17) is 9.68 Å². The average Bonchev–Trinajstić information content (AvgIpc) is 2.86. The molecule has 2 rings (SSSR count). The summed E-state index contributed by atoms with van der Waals surface area (Å²) in [6.45, 7) is 1.71. The predicted molar refractivity (Wildman–Crippen MR) is 69.7 cm³/mol. The number of furan rings is 1. The first-order valence-electron chi connectivity index (χ1n) is 5.58. The lowest BCUT2D eigenvalue weighted by atomic mass is 10.2. The van der Waals surface area contributed by atoms with Crippen LogP contribution in [-0.2, 0) is 0 Å². The van der Waals surface area contributed by atoms with Crippen LogP contribution < -0.4 is 5.43 Å². The van der Waals surface area contributed by atoms with E-state index in [1.54, 1.807) is 37.3 Å². The zero-order valence-electron chi connectivity index (χ0n) is 10.3. The minimum absolute atomic E-state index is 0.323. The molecule has 0 unspecified atom stereocenters. The summed E-state index contributed by atoms with van der Waals surface area (Å²) in [5.41, 5.74) is 4.24. The highest BCUT2D eigenvalue weighted by Crippen LogP contribution is 2.08. The molecule has 2 aromatic rings. The molecule has 0 aliphatic rings. The molecule has 1 amide bonds. The molecule has 5 nitrogen and oxygen atoms in total. The van der Waals surface area contributed by atoms with Crippen LogP contribution in [-0.4, -0.2) is 12.1 Å². The minimum atomic E-state index is -0.323. The molecule has 0 radical (unpaired) electrons. The van der Waals surface area contributed by atoms with Crippen LogP contribution in [0.25, 0.3) is 0 Å². The van der Waals surface area contributed by atoms with Gasteiger partial charge < -0.3 is 4.42 Å². The van der Waals surface area contributed by atoms with Gasteiger partial charge in [-0.3, -0.25) is 4.79 Å². The van der Waals surface area contributed by atoms with Gasteiger partial charge in [0.15, 0.2) is 0 Å². The molecule has 1 aromatic carbocycles. The summed E-state index contributed by atoms with van der Waals surface area (Å²) < 4.78 is 5.03. The van der Waals surface area contributed by atoms with Crippen LogP contribution >= 0.6 is 0 Å². The molecule has 0 bridgehead atoms. The first-order valence-corrected chi connectivity index (χ1v) is 5.58. The fourth-order valence-electron chi connectivity index (χ4n) is 1.49. The molecule has 0 atom stereocenters. The number of aryl methyl sites for hydroxylation is 1. The monoisotopic (exact) mass is 253 g/mol. The Morgan fingerprint density at radius 1 is 1.37 bits per heavy atom. The van der Waals surface area contributed by atoms with Crippen molar-refractivity contribution < 1.29 is 9.21 Å². The molecule has 0 saturated heterocycles. The number of nitrogens with one attached hydrogen (secondary N) is 1. The Kier molecular flexibility index (Phi) is 3.74. The first-order chi connectivity index (χ1) is 9.20. The van der Waals surface area contributed by atoms with Crippen molar-refractivity contribution in [1.82, 2.24) is 5.43 Å². The van der Waals surface area contributed by atoms with Gasteiger partial charge in [0.1, 0.15) is 5.76 Å². The van der Waals surface area contributed by atoms with Gasteiger partial charge in [0, 0.05) is 0 Å². The fraction of sp³-hybridized carbons (Fsp3) is 0.0714. The van der Waals surface area contributed by atoms with Crippen LogP contribution in [0.15, 0.2) is 46.1 Å². The summed E-state index contributed by atoms with van der Waals surface area (Å²) in [7, 11) is 0. The summed E-state index contributed by atoms with van der Waals surface area (Å²) in [6.07, 6.45) is 2.96. The summed E-state index contributed by atoms with van der Waals surface area (Å²) in [4.78, 5) is 11.7. The molecule has 0 fully saturated rings. The van der Waals surface area contributed by atoms with E-state index in [9.17, 15) is 4.79 Å². The third-order valence-corrected chi connectivity index (χ3v) is 2.52. The standard InChI is InChI=1S/C14H11N3O2/c1-10-13(6-7-19-10)14(18)17-16-9-12-4-2-11(8-15)3-5-12/h2-7,9H,1H3,(H,17,18)/b16-9-. The highest BCUT2D eigenvalue weighted by Gasteiger charge is 2.09. The number of rotatable bonds is 3. The van der Waals surface area contributed by atoms with Crippen molar-refractivity contribution in [3.8, 4) is 6.07 Å². The molecule has 0 aliphatic carbocycles. The Labute approximate surface area is 110 Å². The average molecular weight is 253 g/mol. The third kappa shape index (κ3) is 3.07. The minimum Gasteiger partial charge on any atom is -0.469 e. The molecule has 19 heavy (non-hydrogen) atoms. The van der Waals surface area contributed by atoms with Gasteiger partial charge in [0.25, 0.3) is 5.91 Å². The molecule has 1 N–H and O–H groups in total. The highest BCUT2D eigenvalue weighted by molar-refractivity contribution is 5.95. The number of carbonyl (C=O) groups excluding carboxylic acids is 1. The highest BCUT2D eigenvalue weighted by atomic mass is 16.3. The van der Waals surface area contributed by atoms with Crippen LogP contribution in [0.1, 0.15) is 27.2 Å². The Hall–Kier alpha value is -2.87. The second-order valence-electron chi connectivity index (χ2n) is 3.82. The van der Waals surface area contributed by atoms with Crippen molar-refractivity contribution >= 4 is 12.1 Å². The summed E-state index contributed by atoms with van der Waals surface area (Å²) in [6, 6.07) is 10.5. The summed E-state index contributed by atoms with van der Waals surface area (Å²) in [5.74, 6) is 0.224.